The number of azo groups is 1. The first-order chi connectivity index (χ1) is 17.5. The van der Waals surface area contributed by atoms with Crippen molar-refractivity contribution in [3.63, 3.8) is 0 Å². The van der Waals surface area contributed by atoms with E-state index >= 15 is 0 Å². The van der Waals surface area contributed by atoms with Gasteiger partial charge in [0.15, 0.2) is 0 Å². The second kappa shape index (κ2) is 12.6. The lowest BCUT2D eigenvalue weighted by molar-refractivity contribution is 0.444. The van der Waals surface area contributed by atoms with Gasteiger partial charge in [-0.05, 0) is 36.4 Å². The van der Waals surface area contributed by atoms with Gasteiger partial charge in [-0.2, -0.15) is 13.9 Å². The Balaban J connectivity index is 2.36. The first kappa shape index (κ1) is 29.6. The van der Waals surface area contributed by atoms with Gasteiger partial charge < -0.3 is 10.2 Å². The summed E-state index contributed by atoms with van der Waals surface area (Å²) < 4.78 is 53.4. The standard InChI is InChI=1S/C22H29N7O6S2/c1-5-28(6-2)36(32,33)16-9-11-20(30)18(13-16)24-26-22(15-23)27-25-19-14-17(10-12-21(19)31)37(34,35)29(7-3)8-4/h9-14,24,30-31H,5-8H2,1-4H3/b26-22+,27-25+. The second-order valence-electron chi connectivity index (χ2n) is 7.37. The molecule has 2 aromatic rings. The number of nitrogens with zero attached hydrogens (tertiary/aromatic N) is 6. The molecule has 0 bridgehead atoms. The van der Waals surface area contributed by atoms with E-state index in [9.17, 15) is 32.3 Å². The van der Waals surface area contributed by atoms with E-state index < -0.39 is 25.9 Å². The predicted molar refractivity (Wildman–Crippen MR) is 138 cm³/mol. The number of hydrogen-bond acceptors (Lipinski definition) is 10. The van der Waals surface area contributed by atoms with Crippen LogP contribution < -0.4 is 5.43 Å². The molecular weight excluding hydrogens is 522 g/mol. The van der Waals surface area contributed by atoms with Crippen LogP contribution in [0.3, 0.4) is 0 Å². The minimum atomic E-state index is -3.83. The number of phenols is 2. The third-order valence-electron chi connectivity index (χ3n) is 5.24. The number of nitriles is 1. The Bertz CT molecular complexity index is 1430. The van der Waals surface area contributed by atoms with Gasteiger partial charge in [-0.25, -0.2) is 16.8 Å². The summed E-state index contributed by atoms with van der Waals surface area (Å²) >= 11 is 0. The average Bonchev–Trinajstić information content (AvgIpc) is 2.86. The van der Waals surface area contributed by atoms with Crippen LogP contribution in [0.5, 0.6) is 11.5 Å². The van der Waals surface area contributed by atoms with Gasteiger partial charge in [0.2, 0.25) is 20.0 Å². The zero-order chi connectivity index (χ0) is 27.8. The first-order valence-electron chi connectivity index (χ1n) is 11.3. The van der Waals surface area contributed by atoms with E-state index in [-0.39, 0.29) is 58.8 Å². The summed E-state index contributed by atoms with van der Waals surface area (Å²) in [7, 11) is -7.64. The molecule has 0 heterocycles. The third-order valence-corrected chi connectivity index (χ3v) is 9.33. The van der Waals surface area contributed by atoms with Crippen molar-refractivity contribution in [1.29, 1.82) is 5.26 Å². The van der Waals surface area contributed by atoms with E-state index in [1.807, 2.05) is 0 Å². The maximum atomic E-state index is 12.7. The minimum absolute atomic E-state index is 0.0945. The van der Waals surface area contributed by atoms with E-state index in [4.69, 9.17) is 0 Å². The van der Waals surface area contributed by atoms with Crippen LogP contribution in [0, 0.1) is 11.3 Å². The molecule has 13 nitrogen and oxygen atoms in total. The van der Waals surface area contributed by atoms with E-state index in [1.54, 1.807) is 33.8 Å². The largest absolute Gasteiger partial charge is 0.506 e. The highest BCUT2D eigenvalue weighted by Gasteiger charge is 2.24. The number of sulfonamides is 2. The summed E-state index contributed by atoms with van der Waals surface area (Å²) in [6.07, 6.45) is 0. The van der Waals surface area contributed by atoms with Crippen molar-refractivity contribution in [3.8, 4) is 17.6 Å². The number of amidine groups is 1. The van der Waals surface area contributed by atoms with Crippen molar-refractivity contribution in [2.24, 2.45) is 15.3 Å². The van der Waals surface area contributed by atoms with Gasteiger partial charge in [0.1, 0.15) is 23.3 Å². The molecule has 2 rings (SSSR count). The highest BCUT2D eigenvalue weighted by molar-refractivity contribution is 7.89. The number of nitrogens with one attached hydrogen (secondary N) is 1. The summed E-state index contributed by atoms with van der Waals surface area (Å²) in [6.45, 7) is 7.78. The Morgan fingerprint density at radius 2 is 1.35 bits per heavy atom. The number of hydrogen-bond donors (Lipinski definition) is 3. The van der Waals surface area contributed by atoms with Gasteiger partial charge in [0.25, 0.3) is 5.84 Å². The van der Waals surface area contributed by atoms with Gasteiger partial charge in [0.05, 0.1) is 15.5 Å². The zero-order valence-corrected chi connectivity index (χ0v) is 22.5. The van der Waals surface area contributed by atoms with Crippen molar-refractivity contribution in [2.75, 3.05) is 31.6 Å². The first-order valence-corrected chi connectivity index (χ1v) is 14.2. The minimum Gasteiger partial charge on any atom is -0.506 e. The molecule has 0 aliphatic heterocycles. The van der Waals surface area contributed by atoms with Gasteiger partial charge in [-0.1, -0.05) is 27.7 Å². The molecule has 2 aromatic carbocycles. The molecule has 37 heavy (non-hydrogen) atoms. The number of aromatic hydroxyl groups is 2. The number of hydrazone groups is 1. The fraction of sp³-hybridized carbons (Fsp3) is 0.364. The molecule has 0 saturated heterocycles. The van der Waals surface area contributed by atoms with E-state index in [2.05, 4.69) is 20.8 Å². The third kappa shape index (κ3) is 6.80. The van der Waals surface area contributed by atoms with Crippen LogP contribution in [0.1, 0.15) is 27.7 Å². The molecule has 0 atom stereocenters. The van der Waals surface area contributed by atoms with Crippen LogP contribution >= 0.6 is 0 Å². The van der Waals surface area contributed by atoms with E-state index in [0.29, 0.717) is 0 Å². The van der Waals surface area contributed by atoms with E-state index in [1.165, 1.54) is 26.8 Å². The predicted octanol–water partition coefficient (Wildman–Crippen LogP) is 3.19. The summed E-state index contributed by atoms with van der Waals surface area (Å²) in [5.41, 5.74) is 2.06. The molecule has 0 radical (unpaired) electrons. The molecule has 0 aromatic heterocycles. The zero-order valence-electron chi connectivity index (χ0n) is 20.8. The summed E-state index contributed by atoms with van der Waals surface area (Å²) in [4.78, 5) is -0.212. The monoisotopic (exact) mass is 551 g/mol. The van der Waals surface area contributed by atoms with Crippen LogP contribution in [0.2, 0.25) is 0 Å². The highest BCUT2D eigenvalue weighted by Crippen LogP contribution is 2.31. The Morgan fingerprint density at radius 1 is 0.865 bits per heavy atom. The fourth-order valence-corrected chi connectivity index (χ4v) is 6.18. The Morgan fingerprint density at radius 3 is 1.84 bits per heavy atom. The topological polar surface area (TPSA) is 188 Å². The van der Waals surface area contributed by atoms with Crippen LogP contribution in [0.15, 0.2) is 61.5 Å². The van der Waals surface area contributed by atoms with Crippen molar-refractivity contribution < 1.29 is 27.0 Å². The number of rotatable bonds is 11. The quantitative estimate of drug-likeness (QED) is 0.125. The molecule has 0 aliphatic carbocycles. The molecule has 0 aliphatic rings. The van der Waals surface area contributed by atoms with Crippen molar-refractivity contribution in [1.82, 2.24) is 8.61 Å². The number of anilines is 1. The van der Waals surface area contributed by atoms with Crippen molar-refractivity contribution in [2.45, 2.75) is 37.5 Å². The van der Waals surface area contributed by atoms with Crippen LogP contribution in [0.25, 0.3) is 0 Å². The van der Waals surface area contributed by atoms with Crippen LogP contribution in [0.4, 0.5) is 11.4 Å². The SMILES string of the molecule is CCN(CC)S(=O)(=O)c1ccc(O)c(/N=N/C(C#N)=N/Nc2cc(S(=O)(=O)N(CC)CC)ccc2O)c1. The normalized spacial score (nSPS) is 12.8. The van der Waals surface area contributed by atoms with Gasteiger partial charge in [0, 0.05) is 26.2 Å². The van der Waals surface area contributed by atoms with Gasteiger partial charge in [-0.3, -0.25) is 5.43 Å². The van der Waals surface area contributed by atoms with Gasteiger partial charge >= 0.3 is 0 Å². The van der Waals surface area contributed by atoms with Crippen LogP contribution in [-0.2, 0) is 20.0 Å². The molecule has 0 fully saturated rings. The lowest BCUT2D eigenvalue weighted by Crippen LogP contribution is -2.30. The smallest absolute Gasteiger partial charge is 0.270 e. The van der Waals surface area contributed by atoms with E-state index in [0.717, 1.165) is 18.2 Å². The molecule has 3 N–H and O–H groups in total. The van der Waals surface area contributed by atoms with Crippen molar-refractivity contribution >= 4 is 37.3 Å². The van der Waals surface area contributed by atoms with Crippen LogP contribution in [-0.4, -0.2) is 67.7 Å². The maximum Gasteiger partial charge on any atom is 0.270 e. The molecule has 15 heteroatoms. The lowest BCUT2D eigenvalue weighted by Gasteiger charge is -2.19. The molecule has 0 unspecified atom stereocenters. The second-order valence-corrected chi connectivity index (χ2v) is 11.2. The Labute approximate surface area is 216 Å². The fourth-order valence-electron chi connectivity index (χ4n) is 3.22. The molecule has 0 amide bonds. The Kier molecular flexibility index (Phi) is 10.1. The summed E-state index contributed by atoms with van der Waals surface area (Å²) in [5.74, 6) is -1.25. The average molecular weight is 552 g/mol. The molecule has 0 spiro atoms. The summed E-state index contributed by atoms with van der Waals surface area (Å²) in [5, 5.41) is 40.6. The maximum absolute atomic E-state index is 12.7. The molecular formula is C22H29N7O6S2. The number of benzene rings is 2. The Hall–Kier alpha value is -3.58. The highest BCUT2D eigenvalue weighted by atomic mass is 32.2. The molecule has 200 valence electrons. The lowest BCUT2D eigenvalue weighted by atomic mass is 10.3. The number of phenolic OH excluding ortho intramolecular Hbond substituents is 2. The van der Waals surface area contributed by atoms with Crippen molar-refractivity contribution in [3.05, 3.63) is 36.4 Å². The summed E-state index contributed by atoms with van der Waals surface area (Å²) in [6, 6.07) is 8.71. The van der Waals surface area contributed by atoms with Gasteiger partial charge in [-0.15, -0.1) is 15.3 Å². The molecule has 0 saturated carbocycles.